The first-order valence-electron chi connectivity index (χ1n) is 13.2. The zero-order valence-corrected chi connectivity index (χ0v) is 22.8. The Morgan fingerprint density at radius 3 is 2.32 bits per heavy atom. The van der Waals surface area contributed by atoms with Gasteiger partial charge >= 0.3 is 5.97 Å². The Balaban J connectivity index is 1.86. The first-order chi connectivity index (χ1) is 19.5. The van der Waals surface area contributed by atoms with Crippen molar-refractivity contribution in [3.8, 4) is 0 Å². The number of aromatic amines is 2. The van der Waals surface area contributed by atoms with E-state index in [1.807, 2.05) is 31.2 Å². The van der Waals surface area contributed by atoms with E-state index in [0.29, 0.717) is 17.7 Å². The fourth-order valence-corrected chi connectivity index (χ4v) is 4.35. The molecule has 0 aliphatic carbocycles. The number of carboxylic acid groups (broad SMARTS) is 1. The number of imidazole rings is 1. The van der Waals surface area contributed by atoms with Crippen LogP contribution in [0.4, 0.5) is 0 Å². The summed E-state index contributed by atoms with van der Waals surface area (Å²) in [6.45, 7) is 3.56. The first kappa shape index (κ1) is 30.8. The lowest BCUT2D eigenvalue weighted by Gasteiger charge is -2.28. The highest BCUT2D eigenvalue weighted by Crippen LogP contribution is 2.20. The number of rotatable bonds is 15. The van der Waals surface area contributed by atoms with Crippen molar-refractivity contribution in [3.63, 3.8) is 0 Å². The molecule has 1 aromatic carbocycles. The summed E-state index contributed by atoms with van der Waals surface area (Å²) < 4.78 is 0. The molecule has 5 unspecified atom stereocenters. The van der Waals surface area contributed by atoms with Gasteiger partial charge in [0, 0.05) is 41.8 Å². The van der Waals surface area contributed by atoms with Crippen LogP contribution in [0.25, 0.3) is 10.9 Å². The van der Waals surface area contributed by atoms with Crippen LogP contribution in [0.1, 0.15) is 37.9 Å². The SMILES string of the molecule is CCC(C)C(NC(=O)C(N)CC(N)=O)C(=O)NC(Cc1c[nH]c2ccccc12)C(=O)NC(Cc1cnc[nH]1)C(=O)O. The number of hydrogen-bond acceptors (Lipinski definition) is 7. The van der Waals surface area contributed by atoms with E-state index in [-0.39, 0.29) is 18.8 Å². The predicted molar refractivity (Wildman–Crippen MR) is 149 cm³/mol. The van der Waals surface area contributed by atoms with Crippen molar-refractivity contribution in [2.45, 2.75) is 63.7 Å². The monoisotopic (exact) mass is 568 g/mol. The molecule has 0 fully saturated rings. The number of fused-ring (bicyclic) bond motifs is 1. The van der Waals surface area contributed by atoms with Crippen molar-refractivity contribution in [3.05, 3.63) is 54.2 Å². The van der Waals surface area contributed by atoms with Gasteiger partial charge in [-0.1, -0.05) is 38.5 Å². The molecule has 2 heterocycles. The molecule has 10 N–H and O–H groups in total. The molecule has 14 nitrogen and oxygen atoms in total. The van der Waals surface area contributed by atoms with E-state index in [4.69, 9.17) is 11.5 Å². The summed E-state index contributed by atoms with van der Waals surface area (Å²) in [5.41, 5.74) is 12.9. The van der Waals surface area contributed by atoms with E-state index >= 15 is 0 Å². The van der Waals surface area contributed by atoms with Crippen molar-refractivity contribution in [1.29, 1.82) is 0 Å². The zero-order chi connectivity index (χ0) is 30.1. The van der Waals surface area contributed by atoms with Crippen LogP contribution < -0.4 is 27.4 Å². The molecule has 0 saturated heterocycles. The maximum absolute atomic E-state index is 13.5. The molecule has 0 aliphatic heterocycles. The Bertz CT molecular complexity index is 1370. The number of primary amides is 1. The number of H-pyrrole nitrogens is 2. The van der Waals surface area contributed by atoms with Crippen molar-refractivity contribution in [2.75, 3.05) is 0 Å². The lowest BCUT2D eigenvalue weighted by Crippen LogP contribution is -2.59. The molecule has 0 spiro atoms. The molecule has 0 radical (unpaired) electrons. The van der Waals surface area contributed by atoms with Gasteiger partial charge in [-0.2, -0.15) is 0 Å². The molecule has 0 bridgehead atoms. The summed E-state index contributed by atoms with van der Waals surface area (Å²) in [5.74, 6) is -4.54. The third kappa shape index (κ3) is 8.38. The summed E-state index contributed by atoms with van der Waals surface area (Å²) in [6, 6.07) is 2.56. The molecule has 14 heteroatoms. The number of carboxylic acids is 1. The summed E-state index contributed by atoms with van der Waals surface area (Å²) in [5, 5.41) is 18.4. The van der Waals surface area contributed by atoms with Gasteiger partial charge in [0.2, 0.25) is 23.6 Å². The maximum Gasteiger partial charge on any atom is 0.326 e. The molecule has 2 aromatic heterocycles. The maximum atomic E-state index is 13.5. The number of nitrogens with zero attached hydrogens (tertiary/aromatic N) is 1. The number of carbonyl (C=O) groups is 5. The van der Waals surface area contributed by atoms with E-state index < -0.39 is 60.2 Å². The van der Waals surface area contributed by atoms with Crippen LogP contribution in [0.15, 0.2) is 43.0 Å². The Morgan fingerprint density at radius 2 is 1.68 bits per heavy atom. The molecule has 4 amide bonds. The minimum atomic E-state index is -1.30. The Hall–Kier alpha value is -4.72. The van der Waals surface area contributed by atoms with Crippen LogP contribution in [0.5, 0.6) is 0 Å². The normalized spacial score (nSPS) is 14.8. The average Bonchev–Trinajstić information content (AvgIpc) is 3.60. The van der Waals surface area contributed by atoms with E-state index in [1.54, 1.807) is 13.1 Å². The number of amides is 4. The number of para-hydroxylation sites is 1. The molecule has 220 valence electrons. The van der Waals surface area contributed by atoms with Crippen LogP contribution in [0.2, 0.25) is 0 Å². The summed E-state index contributed by atoms with van der Waals surface area (Å²) in [7, 11) is 0. The van der Waals surface area contributed by atoms with Crippen LogP contribution in [-0.2, 0) is 36.8 Å². The van der Waals surface area contributed by atoms with Crippen LogP contribution in [-0.4, -0.2) is 73.8 Å². The van der Waals surface area contributed by atoms with Crippen LogP contribution in [0.3, 0.4) is 0 Å². The van der Waals surface area contributed by atoms with Gasteiger partial charge < -0.3 is 42.5 Å². The van der Waals surface area contributed by atoms with Gasteiger partial charge in [0.15, 0.2) is 0 Å². The second-order valence-corrected chi connectivity index (χ2v) is 9.95. The zero-order valence-electron chi connectivity index (χ0n) is 22.8. The number of nitrogens with one attached hydrogen (secondary N) is 5. The topological polar surface area (TPSA) is 238 Å². The quantitative estimate of drug-likeness (QED) is 0.118. The van der Waals surface area contributed by atoms with Crippen LogP contribution in [0, 0.1) is 5.92 Å². The number of aromatic nitrogens is 3. The van der Waals surface area contributed by atoms with Crippen molar-refractivity contribution in [2.24, 2.45) is 17.4 Å². The highest BCUT2D eigenvalue weighted by molar-refractivity contribution is 5.95. The van der Waals surface area contributed by atoms with Gasteiger partial charge in [-0.3, -0.25) is 19.2 Å². The van der Waals surface area contributed by atoms with E-state index in [2.05, 4.69) is 30.9 Å². The molecular formula is C27H36N8O6. The lowest BCUT2D eigenvalue weighted by molar-refractivity contribution is -0.142. The number of carbonyl (C=O) groups excluding carboxylic acids is 4. The summed E-state index contributed by atoms with van der Waals surface area (Å²) >= 11 is 0. The largest absolute Gasteiger partial charge is 0.480 e. The van der Waals surface area contributed by atoms with Gasteiger partial charge in [0.25, 0.3) is 0 Å². The minimum absolute atomic E-state index is 0.0281. The summed E-state index contributed by atoms with van der Waals surface area (Å²) in [6.07, 6.45) is 4.63. The van der Waals surface area contributed by atoms with E-state index in [1.165, 1.54) is 12.5 Å². The highest BCUT2D eigenvalue weighted by atomic mass is 16.4. The highest BCUT2D eigenvalue weighted by Gasteiger charge is 2.33. The average molecular weight is 569 g/mol. The van der Waals surface area contributed by atoms with E-state index in [0.717, 1.165) is 10.9 Å². The molecule has 41 heavy (non-hydrogen) atoms. The number of aliphatic carboxylic acids is 1. The summed E-state index contributed by atoms with van der Waals surface area (Å²) in [4.78, 5) is 72.6. The Labute approximate surface area is 236 Å². The second-order valence-electron chi connectivity index (χ2n) is 9.95. The molecule has 0 saturated carbocycles. The lowest BCUT2D eigenvalue weighted by atomic mass is 9.96. The van der Waals surface area contributed by atoms with Crippen molar-refractivity contribution < 1.29 is 29.1 Å². The molecule has 3 rings (SSSR count). The number of benzene rings is 1. The number of hydrogen-bond donors (Lipinski definition) is 8. The Kier molecular flexibility index (Phi) is 10.6. The predicted octanol–water partition coefficient (Wildman–Crippen LogP) is -0.536. The van der Waals surface area contributed by atoms with Gasteiger partial charge in [-0.05, 0) is 17.5 Å². The standard InChI is InChI=1S/C27H36N8O6/c1-3-14(2)23(35-24(37)18(28)10-22(29)36)26(39)33-20(8-15-11-31-19-7-5-4-6-17(15)19)25(38)34-21(27(40)41)9-16-12-30-13-32-16/h4-7,11-14,18,20-21,23,31H,3,8-10,28H2,1-2H3,(H2,29,36)(H,30,32)(H,33,39)(H,34,38)(H,35,37)(H,40,41). The van der Waals surface area contributed by atoms with Gasteiger partial charge in [-0.15, -0.1) is 0 Å². The molecular weight excluding hydrogens is 532 g/mol. The number of nitrogens with two attached hydrogens (primary N) is 2. The minimum Gasteiger partial charge on any atom is -0.480 e. The van der Waals surface area contributed by atoms with Crippen molar-refractivity contribution >= 4 is 40.5 Å². The fourth-order valence-electron chi connectivity index (χ4n) is 4.35. The van der Waals surface area contributed by atoms with E-state index in [9.17, 15) is 29.1 Å². The Morgan fingerprint density at radius 1 is 0.976 bits per heavy atom. The van der Waals surface area contributed by atoms with Gasteiger partial charge in [-0.25, -0.2) is 9.78 Å². The smallest absolute Gasteiger partial charge is 0.326 e. The first-order valence-corrected chi connectivity index (χ1v) is 13.2. The van der Waals surface area contributed by atoms with Gasteiger partial charge in [0.05, 0.1) is 18.8 Å². The third-order valence-corrected chi connectivity index (χ3v) is 6.88. The van der Waals surface area contributed by atoms with Crippen molar-refractivity contribution in [1.82, 2.24) is 30.9 Å². The van der Waals surface area contributed by atoms with Gasteiger partial charge in [0.1, 0.15) is 18.1 Å². The van der Waals surface area contributed by atoms with Crippen LogP contribution >= 0.6 is 0 Å². The second kappa shape index (κ2) is 14.1. The fraction of sp³-hybridized carbons (Fsp3) is 0.407. The molecule has 0 aliphatic rings. The molecule has 5 atom stereocenters. The third-order valence-electron chi connectivity index (χ3n) is 6.88. The molecule has 3 aromatic rings.